The first-order chi connectivity index (χ1) is 5.11. The minimum absolute atomic E-state index is 0.111. The summed E-state index contributed by atoms with van der Waals surface area (Å²) >= 11 is 3.84. The summed E-state index contributed by atoms with van der Waals surface area (Å²) in [7, 11) is 0. The van der Waals surface area contributed by atoms with Crippen LogP contribution >= 0.6 is 33.9 Å². The van der Waals surface area contributed by atoms with Gasteiger partial charge in [0.15, 0.2) is 5.78 Å². The Labute approximate surface area is 84.0 Å². The van der Waals surface area contributed by atoms with Gasteiger partial charge in [0.2, 0.25) is 0 Å². The second-order valence-corrected chi connectivity index (χ2v) is 5.46. The van der Waals surface area contributed by atoms with Crippen molar-refractivity contribution >= 4 is 39.7 Å². The summed E-state index contributed by atoms with van der Waals surface area (Å²) in [6, 6.07) is 1.94. The Morgan fingerprint density at radius 1 is 1.64 bits per heavy atom. The van der Waals surface area contributed by atoms with Gasteiger partial charge in [0.1, 0.15) is 0 Å². The second kappa shape index (κ2) is 3.67. The molecule has 0 bridgehead atoms. The minimum atomic E-state index is 0.111. The number of hydrogen-bond donors (Lipinski definition) is 0. The number of thiophene rings is 1. The van der Waals surface area contributed by atoms with Crippen LogP contribution in [-0.4, -0.2) is 5.78 Å². The first kappa shape index (κ1) is 9.19. The van der Waals surface area contributed by atoms with E-state index < -0.39 is 0 Å². The van der Waals surface area contributed by atoms with Crippen molar-refractivity contribution in [1.82, 2.24) is 0 Å². The largest absolute Gasteiger partial charge is 0.294 e. The van der Waals surface area contributed by atoms with Gasteiger partial charge < -0.3 is 0 Å². The lowest BCUT2D eigenvalue weighted by atomic mass is 10.0. The van der Waals surface area contributed by atoms with Gasteiger partial charge in [-0.25, -0.2) is 0 Å². The fraction of sp³-hybridized carbons (Fsp3) is 0.375. The maximum absolute atomic E-state index is 11.4. The number of Topliss-reactive ketones (excluding diaryl/α,β-unsaturated/α-hetero) is 1. The van der Waals surface area contributed by atoms with Crippen LogP contribution in [0.1, 0.15) is 24.2 Å². The van der Waals surface area contributed by atoms with Crippen LogP contribution in [0.3, 0.4) is 0 Å². The number of carbonyl (C=O) groups is 1. The summed E-state index contributed by atoms with van der Waals surface area (Å²) in [6.07, 6.45) is 0. The molecule has 0 unspecified atom stereocenters. The van der Waals surface area contributed by atoms with E-state index in [9.17, 15) is 4.79 Å². The lowest BCUT2D eigenvalue weighted by Gasteiger charge is -1.98. The summed E-state index contributed by atoms with van der Waals surface area (Å²) in [5.41, 5.74) is 0.856. The van der Waals surface area contributed by atoms with Crippen molar-refractivity contribution in [3.8, 4) is 0 Å². The third-order valence-electron chi connectivity index (χ3n) is 1.38. The molecule has 60 valence electrons. The Balaban J connectivity index is 2.85. The molecule has 1 rings (SSSR count). The van der Waals surface area contributed by atoms with Crippen LogP contribution in [0.15, 0.2) is 11.4 Å². The molecule has 0 aliphatic heterocycles. The van der Waals surface area contributed by atoms with Gasteiger partial charge in [-0.15, -0.1) is 11.3 Å². The van der Waals surface area contributed by atoms with Gasteiger partial charge in [-0.3, -0.25) is 4.79 Å². The Kier molecular flexibility index (Phi) is 3.06. The zero-order valence-corrected chi connectivity index (χ0v) is 9.40. The predicted octanol–water partition coefficient (Wildman–Crippen LogP) is 3.19. The van der Waals surface area contributed by atoms with Crippen molar-refractivity contribution in [3.63, 3.8) is 0 Å². The molecule has 1 nitrogen and oxygen atoms in total. The van der Waals surface area contributed by atoms with Crippen molar-refractivity contribution in [3.05, 3.63) is 19.9 Å². The third kappa shape index (κ3) is 2.27. The molecule has 1 aromatic heterocycles. The van der Waals surface area contributed by atoms with Crippen LogP contribution in [0.2, 0.25) is 0 Å². The monoisotopic (exact) mass is 280 g/mol. The first-order valence-corrected chi connectivity index (χ1v) is 5.35. The molecular weight excluding hydrogens is 271 g/mol. The summed E-state index contributed by atoms with van der Waals surface area (Å²) in [4.78, 5) is 11.4. The van der Waals surface area contributed by atoms with Crippen molar-refractivity contribution in [2.75, 3.05) is 0 Å². The fourth-order valence-electron chi connectivity index (χ4n) is 0.773. The summed E-state index contributed by atoms with van der Waals surface area (Å²) in [6.45, 7) is 3.85. The Bertz CT molecular complexity index is 265. The van der Waals surface area contributed by atoms with Crippen molar-refractivity contribution in [1.29, 1.82) is 0 Å². The van der Waals surface area contributed by atoms with Crippen molar-refractivity contribution < 1.29 is 4.79 Å². The van der Waals surface area contributed by atoms with E-state index in [2.05, 4.69) is 22.6 Å². The molecule has 0 atom stereocenters. The van der Waals surface area contributed by atoms with Crippen LogP contribution in [0.4, 0.5) is 0 Å². The van der Waals surface area contributed by atoms with E-state index in [1.165, 1.54) is 2.88 Å². The molecule has 0 aliphatic carbocycles. The molecule has 11 heavy (non-hydrogen) atoms. The quantitative estimate of drug-likeness (QED) is 0.600. The van der Waals surface area contributed by atoms with E-state index in [1.807, 2.05) is 25.3 Å². The molecule has 0 fully saturated rings. The Morgan fingerprint density at radius 2 is 2.27 bits per heavy atom. The average molecular weight is 280 g/mol. The van der Waals surface area contributed by atoms with Gasteiger partial charge in [-0.05, 0) is 28.7 Å². The van der Waals surface area contributed by atoms with Gasteiger partial charge in [-0.2, -0.15) is 0 Å². The molecular formula is C8H9IOS. The highest BCUT2D eigenvalue weighted by atomic mass is 127. The Morgan fingerprint density at radius 3 is 2.64 bits per heavy atom. The lowest BCUT2D eigenvalue weighted by molar-refractivity contribution is 0.0940. The first-order valence-electron chi connectivity index (χ1n) is 3.39. The van der Waals surface area contributed by atoms with Gasteiger partial charge >= 0.3 is 0 Å². The molecule has 0 amide bonds. The fourth-order valence-corrected chi connectivity index (χ4v) is 2.11. The molecule has 0 saturated heterocycles. The van der Waals surface area contributed by atoms with Crippen LogP contribution in [0, 0.1) is 8.80 Å². The molecule has 0 aliphatic rings. The summed E-state index contributed by atoms with van der Waals surface area (Å²) in [5, 5.41) is 1.92. The summed E-state index contributed by atoms with van der Waals surface area (Å²) in [5.74, 6) is 0.351. The summed E-state index contributed by atoms with van der Waals surface area (Å²) < 4.78 is 1.17. The maximum atomic E-state index is 11.4. The zero-order valence-electron chi connectivity index (χ0n) is 6.43. The Hall–Kier alpha value is 0.1000. The van der Waals surface area contributed by atoms with Gasteiger partial charge in [0, 0.05) is 16.9 Å². The average Bonchev–Trinajstić information content (AvgIpc) is 2.34. The molecule has 0 radical (unpaired) electrons. The van der Waals surface area contributed by atoms with E-state index in [4.69, 9.17) is 0 Å². The molecule has 0 aromatic carbocycles. The van der Waals surface area contributed by atoms with Crippen LogP contribution in [0.25, 0.3) is 0 Å². The highest BCUT2D eigenvalue weighted by Crippen LogP contribution is 2.19. The van der Waals surface area contributed by atoms with Gasteiger partial charge in [-0.1, -0.05) is 13.8 Å². The number of rotatable bonds is 2. The smallest absolute Gasteiger partial charge is 0.166 e. The van der Waals surface area contributed by atoms with E-state index in [0.29, 0.717) is 0 Å². The highest BCUT2D eigenvalue weighted by molar-refractivity contribution is 14.1. The van der Waals surface area contributed by atoms with Crippen LogP contribution < -0.4 is 0 Å². The van der Waals surface area contributed by atoms with E-state index in [-0.39, 0.29) is 11.7 Å². The number of ketones is 1. The SMILES string of the molecule is CC(C)C(=O)c1csc(I)c1. The predicted molar refractivity (Wildman–Crippen MR) is 56.2 cm³/mol. The zero-order chi connectivity index (χ0) is 8.43. The molecule has 3 heteroatoms. The van der Waals surface area contributed by atoms with E-state index in [0.717, 1.165) is 5.56 Å². The molecule has 0 N–H and O–H groups in total. The van der Waals surface area contributed by atoms with Gasteiger partial charge in [0.05, 0.1) is 2.88 Å². The number of carbonyl (C=O) groups excluding carboxylic acids is 1. The third-order valence-corrected chi connectivity index (χ3v) is 3.17. The molecule has 1 aromatic rings. The molecule has 0 spiro atoms. The normalized spacial score (nSPS) is 10.5. The van der Waals surface area contributed by atoms with E-state index >= 15 is 0 Å². The minimum Gasteiger partial charge on any atom is -0.294 e. The van der Waals surface area contributed by atoms with Crippen LogP contribution in [-0.2, 0) is 0 Å². The lowest BCUT2D eigenvalue weighted by Crippen LogP contribution is -2.05. The number of hydrogen-bond acceptors (Lipinski definition) is 2. The second-order valence-electron chi connectivity index (χ2n) is 2.66. The topological polar surface area (TPSA) is 17.1 Å². The molecule has 1 heterocycles. The van der Waals surface area contributed by atoms with Crippen LogP contribution in [0.5, 0.6) is 0 Å². The van der Waals surface area contributed by atoms with Gasteiger partial charge in [0.25, 0.3) is 0 Å². The standard InChI is InChI=1S/C8H9IOS/c1-5(2)8(10)6-3-7(9)11-4-6/h3-5H,1-2H3. The molecule has 0 saturated carbocycles. The van der Waals surface area contributed by atoms with E-state index in [1.54, 1.807) is 11.3 Å². The maximum Gasteiger partial charge on any atom is 0.166 e. The van der Waals surface area contributed by atoms with Crippen molar-refractivity contribution in [2.24, 2.45) is 5.92 Å². The highest BCUT2D eigenvalue weighted by Gasteiger charge is 2.11. The number of halogens is 1. The van der Waals surface area contributed by atoms with Crippen molar-refractivity contribution in [2.45, 2.75) is 13.8 Å².